The Labute approximate surface area is 154 Å². The monoisotopic (exact) mass is 356 g/mol. The summed E-state index contributed by atoms with van der Waals surface area (Å²) in [5, 5.41) is 18.5. The van der Waals surface area contributed by atoms with Crippen LogP contribution in [0.15, 0.2) is 42.6 Å². The van der Waals surface area contributed by atoms with Crippen molar-refractivity contribution in [1.29, 1.82) is 0 Å². The number of aliphatic carboxylic acids is 1. The fourth-order valence-corrected chi connectivity index (χ4v) is 2.89. The van der Waals surface area contributed by atoms with Crippen LogP contribution in [0.1, 0.15) is 40.0 Å². The highest BCUT2D eigenvalue weighted by molar-refractivity contribution is 5.90. The van der Waals surface area contributed by atoms with Crippen LogP contribution >= 0.6 is 0 Å². The Morgan fingerprint density at radius 2 is 1.81 bits per heavy atom. The van der Waals surface area contributed by atoms with Crippen LogP contribution in [0.4, 0.5) is 5.82 Å². The summed E-state index contributed by atoms with van der Waals surface area (Å²) in [7, 11) is 0. The first-order chi connectivity index (χ1) is 12.4. The summed E-state index contributed by atoms with van der Waals surface area (Å²) in [5.41, 5.74) is 0.895. The molecule has 6 heteroatoms. The molecule has 26 heavy (non-hydrogen) atoms. The molecule has 1 N–H and O–H groups in total. The van der Waals surface area contributed by atoms with Crippen molar-refractivity contribution in [3.05, 3.63) is 42.6 Å². The van der Waals surface area contributed by atoms with Gasteiger partial charge >= 0.3 is 0 Å². The molecular formula is C20H26N3O3-. The summed E-state index contributed by atoms with van der Waals surface area (Å²) in [6.45, 7) is 5.88. The number of carboxylic acid groups (broad SMARTS) is 1. The molecule has 0 fully saturated rings. The minimum absolute atomic E-state index is 0.120. The highest BCUT2D eigenvalue weighted by Gasteiger charge is 2.22. The highest BCUT2D eigenvalue weighted by Crippen LogP contribution is 2.23. The molecule has 0 saturated heterocycles. The van der Waals surface area contributed by atoms with Gasteiger partial charge in [-0.3, -0.25) is 4.79 Å². The maximum absolute atomic E-state index is 12.3. The lowest BCUT2D eigenvalue weighted by atomic mass is 9.85. The Hall–Kier alpha value is -2.63. The van der Waals surface area contributed by atoms with E-state index >= 15 is 0 Å². The molecule has 2 aromatic rings. The van der Waals surface area contributed by atoms with Gasteiger partial charge in [0.2, 0.25) is 5.91 Å². The molecule has 1 amide bonds. The molecule has 2 rings (SSSR count). The first-order valence-electron chi connectivity index (χ1n) is 8.98. The van der Waals surface area contributed by atoms with Gasteiger partial charge in [0.25, 0.3) is 0 Å². The number of anilines is 1. The van der Waals surface area contributed by atoms with Gasteiger partial charge in [-0.05, 0) is 30.4 Å². The number of aromatic nitrogens is 2. The first kappa shape index (κ1) is 19.7. The number of carbonyl (C=O) groups excluding carboxylic acids is 2. The number of para-hydroxylation sites is 1. The van der Waals surface area contributed by atoms with Gasteiger partial charge in [0.1, 0.15) is 0 Å². The van der Waals surface area contributed by atoms with E-state index in [1.807, 2.05) is 44.2 Å². The van der Waals surface area contributed by atoms with Gasteiger partial charge in [-0.2, -0.15) is 5.10 Å². The molecule has 1 aromatic carbocycles. The summed E-state index contributed by atoms with van der Waals surface area (Å²) in [5.74, 6) is -1.39. The first-order valence-corrected chi connectivity index (χ1v) is 8.98. The molecule has 0 radical (unpaired) electrons. The number of carboxylic acids is 1. The van der Waals surface area contributed by atoms with Crippen molar-refractivity contribution < 1.29 is 14.7 Å². The second kappa shape index (κ2) is 9.17. The van der Waals surface area contributed by atoms with Crippen LogP contribution in [0.2, 0.25) is 0 Å². The predicted octanol–water partition coefficient (Wildman–Crippen LogP) is 2.64. The topological polar surface area (TPSA) is 87.0 Å². The van der Waals surface area contributed by atoms with Crippen molar-refractivity contribution in [1.82, 2.24) is 9.78 Å². The van der Waals surface area contributed by atoms with Crippen molar-refractivity contribution in [2.75, 3.05) is 5.32 Å². The number of benzene rings is 1. The molecule has 140 valence electrons. The molecule has 0 spiro atoms. The smallest absolute Gasteiger partial charge is 0.225 e. The fraction of sp³-hybridized carbons (Fsp3) is 0.450. The maximum Gasteiger partial charge on any atom is 0.225 e. The third kappa shape index (κ3) is 5.72. The molecule has 0 unspecified atom stereocenters. The van der Waals surface area contributed by atoms with E-state index in [0.29, 0.717) is 18.2 Å². The summed E-state index contributed by atoms with van der Waals surface area (Å²) >= 11 is 0. The Morgan fingerprint density at radius 3 is 2.42 bits per heavy atom. The van der Waals surface area contributed by atoms with Crippen LogP contribution in [-0.4, -0.2) is 21.7 Å². The number of nitrogens with zero attached hydrogens (tertiary/aromatic N) is 2. The normalized spacial score (nSPS) is 13.4. The molecule has 6 nitrogen and oxygen atoms in total. The fourth-order valence-electron chi connectivity index (χ4n) is 2.89. The number of rotatable bonds is 9. The molecule has 0 aliphatic carbocycles. The minimum Gasteiger partial charge on any atom is -0.550 e. The van der Waals surface area contributed by atoms with Gasteiger partial charge in [-0.15, -0.1) is 0 Å². The zero-order valence-corrected chi connectivity index (χ0v) is 15.5. The molecule has 0 bridgehead atoms. The Morgan fingerprint density at radius 1 is 1.12 bits per heavy atom. The second-order valence-corrected chi connectivity index (χ2v) is 7.11. The van der Waals surface area contributed by atoms with E-state index in [-0.39, 0.29) is 18.2 Å². The average molecular weight is 356 g/mol. The summed E-state index contributed by atoms with van der Waals surface area (Å²) in [6, 6.07) is 11.3. The van der Waals surface area contributed by atoms with Crippen LogP contribution in [0, 0.1) is 17.8 Å². The Kier molecular flexibility index (Phi) is 6.95. The van der Waals surface area contributed by atoms with E-state index in [1.54, 1.807) is 23.9 Å². The van der Waals surface area contributed by atoms with Crippen molar-refractivity contribution in [2.24, 2.45) is 17.8 Å². The zero-order chi connectivity index (χ0) is 19.1. The van der Waals surface area contributed by atoms with Crippen molar-refractivity contribution in [2.45, 2.75) is 40.0 Å². The van der Waals surface area contributed by atoms with E-state index in [1.165, 1.54) is 0 Å². The van der Waals surface area contributed by atoms with Crippen LogP contribution in [0.25, 0.3) is 5.69 Å². The lowest BCUT2D eigenvalue weighted by molar-refractivity contribution is -0.313. The van der Waals surface area contributed by atoms with Crippen LogP contribution < -0.4 is 10.4 Å². The number of amides is 1. The van der Waals surface area contributed by atoms with E-state index in [4.69, 9.17) is 0 Å². The summed E-state index contributed by atoms with van der Waals surface area (Å²) < 4.78 is 1.67. The maximum atomic E-state index is 12.3. The number of hydrogen-bond donors (Lipinski definition) is 1. The summed E-state index contributed by atoms with van der Waals surface area (Å²) in [4.78, 5) is 23.7. The molecule has 0 aliphatic heterocycles. The molecule has 1 aromatic heterocycles. The third-order valence-corrected chi connectivity index (χ3v) is 4.43. The van der Waals surface area contributed by atoms with Crippen LogP contribution in [0.3, 0.4) is 0 Å². The highest BCUT2D eigenvalue weighted by atomic mass is 16.4. The van der Waals surface area contributed by atoms with Crippen molar-refractivity contribution in [3.63, 3.8) is 0 Å². The van der Waals surface area contributed by atoms with E-state index < -0.39 is 11.9 Å². The largest absolute Gasteiger partial charge is 0.550 e. The molecule has 0 aliphatic rings. The van der Waals surface area contributed by atoms with Gasteiger partial charge in [0.15, 0.2) is 5.82 Å². The third-order valence-electron chi connectivity index (χ3n) is 4.43. The van der Waals surface area contributed by atoms with Gasteiger partial charge in [0, 0.05) is 30.6 Å². The van der Waals surface area contributed by atoms with Crippen molar-refractivity contribution in [3.8, 4) is 5.69 Å². The zero-order valence-electron chi connectivity index (χ0n) is 15.5. The lowest BCUT2D eigenvalue weighted by Crippen LogP contribution is -2.36. The second-order valence-electron chi connectivity index (χ2n) is 7.11. The predicted molar refractivity (Wildman–Crippen MR) is 98.5 cm³/mol. The number of carbonyl (C=O) groups is 2. The molecule has 0 saturated carbocycles. The van der Waals surface area contributed by atoms with Gasteiger partial charge in [-0.25, -0.2) is 4.68 Å². The van der Waals surface area contributed by atoms with Gasteiger partial charge in [-0.1, -0.05) is 45.4 Å². The summed E-state index contributed by atoms with van der Waals surface area (Å²) in [6.07, 6.45) is 3.21. The Bertz CT molecular complexity index is 725. The molecule has 1 heterocycles. The molecule has 2 atom stereocenters. The Balaban J connectivity index is 1.93. The van der Waals surface area contributed by atoms with Gasteiger partial charge in [0.05, 0.1) is 5.69 Å². The van der Waals surface area contributed by atoms with Crippen LogP contribution in [0.5, 0.6) is 0 Å². The quantitative estimate of drug-likeness (QED) is 0.748. The average Bonchev–Trinajstić information content (AvgIpc) is 3.03. The van der Waals surface area contributed by atoms with Crippen molar-refractivity contribution >= 4 is 17.7 Å². The van der Waals surface area contributed by atoms with Gasteiger partial charge < -0.3 is 15.2 Å². The minimum atomic E-state index is -1.08. The van der Waals surface area contributed by atoms with Crippen LogP contribution in [-0.2, 0) is 9.59 Å². The molecular weight excluding hydrogens is 330 g/mol. The van der Waals surface area contributed by atoms with E-state index in [9.17, 15) is 14.7 Å². The number of nitrogens with one attached hydrogen (secondary N) is 1. The van der Waals surface area contributed by atoms with E-state index in [2.05, 4.69) is 10.4 Å². The standard InChI is InChI=1S/C20H27N3O3/c1-14(2)9-10-17(20(25)26)15(3)13-19(24)21-18-11-12-23(22-18)16-7-5-4-6-8-16/h4-8,11-12,14-15,17H,9-10,13H2,1-3H3,(H,25,26)(H,21,22,24)/p-1/t15-,17+/m0/s1. The SMILES string of the molecule is CC(C)CC[C@@H](C(=O)[O-])[C@@H](C)CC(=O)Nc1ccn(-c2ccccc2)n1. The van der Waals surface area contributed by atoms with E-state index in [0.717, 1.165) is 12.1 Å². The number of hydrogen-bond acceptors (Lipinski definition) is 4. The lowest BCUT2D eigenvalue weighted by Gasteiger charge is -2.25.